The van der Waals surface area contributed by atoms with Crippen molar-refractivity contribution in [3.05, 3.63) is 70.1 Å². The Balaban J connectivity index is 1.64. The number of benzene rings is 1. The molecular weight excluding hydrogens is 390 g/mol. The Kier molecular flexibility index (Phi) is 4.54. The minimum Gasteiger partial charge on any atom is -0.306 e. The smallest absolute Gasteiger partial charge is 0.259 e. The lowest BCUT2D eigenvalue weighted by atomic mass is 10.2. The summed E-state index contributed by atoms with van der Waals surface area (Å²) in [7, 11) is 0. The first-order chi connectivity index (χ1) is 13.0. The maximum absolute atomic E-state index is 13.9. The van der Waals surface area contributed by atoms with Crippen LogP contribution in [0.25, 0.3) is 15.7 Å². The van der Waals surface area contributed by atoms with Crippen LogP contribution in [0.3, 0.4) is 0 Å². The molecule has 9 heteroatoms. The summed E-state index contributed by atoms with van der Waals surface area (Å²) >= 11 is 2.95. The monoisotopic (exact) mass is 402 g/mol. The number of thiophene rings is 1. The lowest BCUT2D eigenvalue weighted by molar-refractivity contribution is 0.102. The van der Waals surface area contributed by atoms with E-state index in [2.05, 4.69) is 15.4 Å². The predicted molar refractivity (Wildman–Crippen MR) is 102 cm³/mol. The van der Waals surface area contributed by atoms with Crippen molar-refractivity contribution in [1.82, 2.24) is 14.8 Å². The molecule has 4 aromatic rings. The van der Waals surface area contributed by atoms with E-state index in [1.165, 1.54) is 16.0 Å². The van der Waals surface area contributed by atoms with Crippen LogP contribution in [0.15, 0.2) is 47.2 Å². The van der Waals surface area contributed by atoms with Gasteiger partial charge in [0.1, 0.15) is 17.5 Å². The summed E-state index contributed by atoms with van der Waals surface area (Å²) in [5.74, 6) is -2.00. The molecule has 4 rings (SSSR count). The number of nitrogens with one attached hydrogen (secondary N) is 1. The third kappa shape index (κ3) is 3.51. The Morgan fingerprint density at radius 3 is 2.78 bits per heavy atom. The van der Waals surface area contributed by atoms with Gasteiger partial charge in [-0.05, 0) is 30.5 Å². The standard InChI is InChI=1S/C18H12F2N4OS2/c1-10-7-16(22-17(25)12-5-4-11(19)8-13(12)20)24(23-10)18-21-14(9-27-18)15-3-2-6-26-15/h2-9H,1H3,(H,22,25). The highest BCUT2D eigenvalue weighted by Crippen LogP contribution is 2.29. The summed E-state index contributed by atoms with van der Waals surface area (Å²) in [6.07, 6.45) is 0. The Bertz CT molecular complexity index is 1120. The highest BCUT2D eigenvalue weighted by molar-refractivity contribution is 7.15. The zero-order valence-corrected chi connectivity index (χ0v) is 15.6. The molecule has 0 aliphatic heterocycles. The fourth-order valence-electron chi connectivity index (χ4n) is 2.49. The second-order valence-electron chi connectivity index (χ2n) is 5.65. The van der Waals surface area contributed by atoms with Crippen molar-refractivity contribution in [3.8, 4) is 15.7 Å². The van der Waals surface area contributed by atoms with Crippen molar-refractivity contribution in [1.29, 1.82) is 0 Å². The number of halogens is 2. The number of carbonyl (C=O) groups excluding carboxylic acids is 1. The van der Waals surface area contributed by atoms with Gasteiger partial charge in [-0.2, -0.15) is 9.78 Å². The van der Waals surface area contributed by atoms with E-state index in [9.17, 15) is 13.6 Å². The molecule has 3 aromatic heterocycles. The first-order valence-corrected chi connectivity index (χ1v) is 9.60. The summed E-state index contributed by atoms with van der Waals surface area (Å²) in [5, 5.41) is 11.4. The van der Waals surface area contributed by atoms with Gasteiger partial charge in [0.15, 0.2) is 0 Å². The largest absolute Gasteiger partial charge is 0.306 e. The van der Waals surface area contributed by atoms with Crippen LogP contribution < -0.4 is 5.32 Å². The second kappa shape index (κ2) is 7.01. The van der Waals surface area contributed by atoms with E-state index in [4.69, 9.17) is 0 Å². The van der Waals surface area contributed by atoms with E-state index in [0.717, 1.165) is 22.7 Å². The van der Waals surface area contributed by atoms with Crippen LogP contribution in [-0.4, -0.2) is 20.7 Å². The quantitative estimate of drug-likeness (QED) is 0.528. The van der Waals surface area contributed by atoms with E-state index in [-0.39, 0.29) is 5.56 Å². The molecule has 136 valence electrons. The van der Waals surface area contributed by atoms with Gasteiger partial charge < -0.3 is 5.32 Å². The van der Waals surface area contributed by atoms with E-state index < -0.39 is 17.5 Å². The molecule has 0 aliphatic rings. The first kappa shape index (κ1) is 17.5. The zero-order valence-electron chi connectivity index (χ0n) is 13.9. The summed E-state index contributed by atoms with van der Waals surface area (Å²) < 4.78 is 28.4. The minimum absolute atomic E-state index is 0.250. The second-order valence-corrected chi connectivity index (χ2v) is 7.44. The highest BCUT2D eigenvalue weighted by atomic mass is 32.1. The van der Waals surface area contributed by atoms with Crippen LogP contribution in [0.5, 0.6) is 0 Å². The summed E-state index contributed by atoms with van der Waals surface area (Å²) in [4.78, 5) is 18.0. The number of hydrogen-bond donors (Lipinski definition) is 1. The maximum atomic E-state index is 13.9. The molecule has 0 unspecified atom stereocenters. The Labute approximate surface area is 160 Å². The van der Waals surface area contributed by atoms with Crippen LogP contribution >= 0.6 is 22.7 Å². The molecule has 27 heavy (non-hydrogen) atoms. The minimum atomic E-state index is -0.926. The van der Waals surface area contributed by atoms with Gasteiger partial charge in [0.2, 0.25) is 5.13 Å². The third-order valence-electron chi connectivity index (χ3n) is 3.70. The number of thiazole rings is 1. The molecule has 0 atom stereocenters. The van der Waals surface area contributed by atoms with E-state index >= 15 is 0 Å². The fraction of sp³-hybridized carbons (Fsp3) is 0.0556. The van der Waals surface area contributed by atoms with Gasteiger partial charge in [-0.3, -0.25) is 4.79 Å². The maximum Gasteiger partial charge on any atom is 0.259 e. The Hall–Kier alpha value is -2.91. The van der Waals surface area contributed by atoms with Crippen molar-refractivity contribution >= 4 is 34.4 Å². The van der Waals surface area contributed by atoms with Crippen molar-refractivity contribution in [2.75, 3.05) is 5.32 Å². The number of nitrogens with zero attached hydrogens (tertiary/aromatic N) is 3. The Morgan fingerprint density at radius 1 is 1.19 bits per heavy atom. The average Bonchev–Trinajstić information content (AvgIpc) is 3.34. The molecule has 3 heterocycles. The molecule has 1 amide bonds. The normalized spacial score (nSPS) is 10.9. The van der Waals surface area contributed by atoms with Gasteiger partial charge in [0.25, 0.3) is 5.91 Å². The molecule has 0 saturated carbocycles. The summed E-state index contributed by atoms with van der Waals surface area (Å²) in [6.45, 7) is 1.78. The number of amides is 1. The Morgan fingerprint density at radius 2 is 2.04 bits per heavy atom. The van der Waals surface area contributed by atoms with Gasteiger partial charge in [-0.1, -0.05) is 6.07 Å². The molecular formula is C18H12F2N4OS2. The lowest BCUT2D eigenvalue weighted by Gasteiger charge is -2.07. The lowest BCUT2D eigenvalue weighted by Crippen LogP contribution is -2.16. The molecule has 5 nitrogen and oxygen atoms in total. The van der Waals surface area contributed by atoms with Crippen LogP contribution in [-0.2, 0) is 0 Å². The highest BCUT2D eigenvalue weighted by Gasteiger charge is 2.18. The van der Waals surface area contributed by atoms with Gasteiger partial charge in [0, 0.05) is 17.5 Å². The van der Waals surface area contributed by atoms with E-state index in [0.29, 0.717) is 22.7 Å². The molecule has 0 saturated heterocycles. The third-order valence-corrected chi connectivity index (χ3v) is 5.40. The van der Waals surface area contributed by atoms with E-state index in [1.807, 2.05) is 22.9 Å². The SMILES string of the molecule is Cc1cc(NC(=O)c2ccc(F)cc2F)n(-c2nc(-c3cccs3)cs2)n1. The molecule has 0 spiro atoms. The van der Waals surface area contributed by atoms with Crippen LogP contribution in [0.2, 0.25) is 0 Å². The molecule has 0 radical (unpaired) electrons. The molecule has 0 aliphatic carbocycles. The number of carbonyl (C=O) groups is 1. The number of rotatable bonds is 4. The van der Waals surface area contributed by atoms with Crippen molar-refractivity contribution in [2.45, 2.75) is 6.92 Å². The molecule has 1 aromatic carbocycles. The fourth-order valence-corrected chi connectivity index (χ4v) is 4.04. The van der Waals surface area contributed by atoms with Crippen LogP contribution in [0.4, 0.5) is 14.6 Å². The average molecular weight is 402 g/mol. The topological polar surface area (TPSA) is 59.8 Å². The number of hydrogen-bond acceptors (Lipinski definition) is 5. The van der Waals surface area contributed by atoms with Crippen LogP contribution in [0, 0.1) is 18.6 Å². The van der Waals surface area contributed by atoms with E-state index in [1.54, 1.807) is 24.3 Å². The van der Waals surface area contributed by atoms with Crippen molar-refractivity contribution < 1.29 is 13.6 Å². The molecule has 0 bridgehead atoms. The van der Waals surface area contributed by atoms with Crippen molar-refractivity contribution in [2.24, 2.45) is 0 Å². The predicted octanol–water partition coefficient (Wildman–Crippen LogP) is 4.90. The van der Waals surface area contributed by atoms with Gasteiger partial charge in [-0.25, -0.2) is 13.8 Å². The van der Waals surface area contributed by atoms with Crippen molar-refractivity contribution in [3.63, 3.8) is 0 Å². The van der Waals surface area contributed by atoms with Gasteiger partial charge in [-0.15, -0.1) is 22.7 Å². The molecule has 1 N–H and O–H groups in total. The molecule has 0 fully saturated rings. The summed E-state index contributed by atoms with van der Waals surface area (Å²) in [5.41, 5.74) is 1.23. The van der Waals surface area contributed by atoms with Gasteiger partial charge in [0.05, 0.1) is 21.8 Å². The summed E-state index contributed by atoms with van der Waals surface area (Å²) in [6, 6.07) is 8.38. The van der Waals surface area contributed by atoms with Gasteiger partial charge >= 0.3 is 0 Å². The number of aromatic nitrogens is 3. The van der Waals surface area contributed by atoms with Crippen LogP contribution in [0.1, 0.15) is 16.1 Å². The zero-order chi connectivity index (χ0) is 19.0. The first-order valence-electron chi connectivity index (χ1n) is 7.84. The number of anilines is 1. The number of aryl methyl sites for hydroxylation is 1.